The van der Waals surface area contributed by atoms with Gasteiger partial charge in [-0.1, -0.05) is 0 Å². The van der Waals surface area contributed by atoms with Crippen molar-refractivity contribution in [3.8, 4) is 0 Å². The number of phosphoric acid groups is 1. The van der Waals surface area contributed by atoms with E-state index < -0.39 is 50.5 Å². The second kappa shape index (κ2) is 8.05. The van der Waals surface area contributed by atoms with Crippen molar-refractivity contribution in [2.75, 3.05) is 0 Å². The maximum Gasteiger partial charge on any atom is 0.474 e. The first-order valence-electron chi connectivity index (χ1n) is 5.07. The van der Waals surface area contributed by atoms with Crippen LogP contribution in [0, 0.1) is 0 Å². The molecule has 0 spiro atoms. The van der Waals surface area contributed by atoms with Gasteiger partial charge in [0.1, 0.15) is 0 Å². The number of halogens is 12. The molecule has 0 aliphatic rings. The molecule has 8 N–H and O–H groups in total. The Balaban J connectivity index is -0.00000264. The van der Waals surface area contributed by atoms with E-state index in [4.69, 9.17) is 9.79 Å². The molecular formula is C7H11F12N2O4P. The minimum Gasteiger partial charge on any atom is -0.344 e. The van der Waals surface area contributed by atoms with E-state index in [0.717, 1.165) is 0 Å². The van der Waals surface area contributed by atoms with Crippen LogP contribution in [0.25, 0.3) is 0 Å². The summed E-state index contributed by atoms with van der Waals surface area (Å²) in [4.78, 5) is 15.7. The average molecular weight is 446 g/mol. The highest BCUT2D eigenvalue weighted by atomic mass is 31.2. The molecule has 0 aromatic carbocycles. The summed E-state index contributed by atoms with van der Waals surface area (Å²) in [5.74, 6) is -22.0. The van der Waals surface area contributed by atoms with Crippen molar-refractivity contribution in [1.29, 1.82) is 0 Å². The smallest absolute Gasteiger partial charge is 0.344 e. The number of hydrogen-bond donors (Lipinski definition) is 4. The average Bonchev–Trinajstić information content (AvgIpc) is 2.22. The van der Waals surface area contributed by atoms with Crippen LogP contribution in [-0.4, -0.2) is 46.0 Å². The fraction of sp³-hybridized carbons (Fsp3) is 1.00. The zero-order chi connectivity index (χ0) is 20.0. The molecule has 0 heterocycles. The second-order valence-corrected chi connectivity index (χ2v) is 5.32. The standard InChI is InChI=1S/C7H5F12O4P.2H3N/c8-2(1-3(9,10)11)4(12,13)5(14,15)6(16,17)7(18,19)23-24(20,21)22;;/h2H,1H2,(H2,20,21,22);2*1H3. The molecule has 0 radical (unpaired) electrons. The van der Waals surface area contributed by atoms with Crippen molar-refractivity contribution in [3.05, 3.63) is 0 Å². The lowest BCUT2D eigenvalue weighted by atomic mass is 9.97. The van der Waals surface area contributed by atoms with Gasteiger partial charge in [0.25, 0.3) is 0 Å². The Morgan fingerprint density at radius 1 is 0.808 bits per heavy atom. The molecule has 162 valence electrons. The van der Waals surface area contributed by atoms with Gasteiger partial charge < -0.3 is 22.1 Å². The molecule has 19 heteroatoms. The van der Waals surface area contributed by atoms with E-state index in [1.807, 2.05) is 4.52 Å². The van der Waals surface area contributed by atoms with Crippen molar-refractivity contribution in [2.45, 2.75) is 42.6 Å². The number of phosphoric ester groups is 1. The molecular weight excluding hydrogens is 435 g/mol. The molecule has 0 aliphatic heterocycles. The van der Waals surface area contributed by atoms with Gasteiger partial charge in [-0.15, -0.1) is 0 Å². The minimum atomic E-state index is -7.52. The van der Waals surface area contributed by atoms with Gasteiger partial charge in [-0.05, 0) is 0 Å². The highest BCUT2D eigenvalue weighted by molar-refractivity contribution is 7.46. The van der Waals surface area contributed by atoms with Gasteiger partial charge in [0.2, 0.25) is 0 Å². The first kappa shape index (κ1) is 29.9. The summed E-state index contributed by atoms with van der Waals surface area (Å²) in [7, 11) is -6.64. The predicted molar refractivity (Wildman–Crippen MR) is 58.5 cm³/mol. The summed E-state index contributed by atoms with van der Waals surface area (Å²) in [6.07, 6.45) is -21.4. The minimum absolute atomic E-state index is 0. The molecule has 0 fully saturated rings. The van der Waals surface area contributed by atoms with Crippen LogP contribution in [0.2, 0.25) is 0 Å². The van der Waals surface area contributed by atoms with Crippen LogP contribution in [0.15, 0.2) is 0 Å². The molecule has 0 aromatic heterocycles. The summed E-state index contributed by atoms with van der Waals surface area (Å²) < 4.78 is 163. The van der Waals surface area contributed by atoms with Gasteiger partial charge >= 0.3 is 37.9 Å². The Bertz CT molecular complexity index is 506. The Kier molecular flexibility index (Phi) is 9.27. The van der Waals surface area contributed by atoms with Gasteiger partial charge in [0, 0.05) is 0 Å². The molecule has 0 amide bonds. The van der Waals surface area contributed by atoms with Crippen molar-refractivity contribution in [1.82, 2.24) is 12.3 Å². The van der Waals surface area contributed by atoms with E-state index in [1.54, 1.807) is 0 Å². The SMILES string of the molecule is N.N.O=P(O)(O)OC(F)(F)C(F)(F)C(F)(F)C(F)(F)C(F)CC(F)(F)F. The molecule has 0 aliphatic carbocycles. The molecule has 1 unspecified atom stereocenters. The van der Waals surface area contributed by atoms with Crippen LogP contribution >= 0.6 is 7.82 Å². The fourth-order valence-corrected chi connectivity index (χ4v) is 1.54. The van der Waals surface area contributed by atoms with Gasteiger partial charge in [-0.2, -0.15) is 48.3 Å². The van der Waals surface area contributed by atoms with Crippen LogP contribution in [0.5, 0.6) is 0 Å². The molecule has 26 heavy (non-hydrogen) atoms. The summed E-state index contributed by atoms with van der Waals surface area (Å²) in [6, 6.07) is 0. The summed E-state index contributed by atoms with van der Waals surface area (Å²) >= 11 is 0. The van der Waals surface area contributed by atoms with E-state index in [1.165, 1.54) is 0 Å². The molecule has 0 aromatic rings. The van der Waals surface area contributed by atoms with E-state index in [9.17, 15) is 57.3 Å². The summed E-state index contributed by atoms with van der Waals surface area (Å²) in [6.45, 7) is 0. The van der Waals surface area contributed by atoms with Crippen LogP contribution in [0.3, 0.4) is 0 Å². The fourth-order valence-electron chi connectivity index (χ4n) is 1.13. The first-order valence-corrected chi connectivity index (χ1v) is 6.60. The van der Waals surface area contributed by atoms with Crippen molar-refractivity contribution >= 4 is 7.82 Å². The molecule has 0 bridgehead atoms. The van der Waals surface area contributed by atoms with E-state index in [0.29, 0.717) is 0 Å². The van der Waals surface area contributed by atoms with Gasteiger partial charge in [-0.3, -0.25) is 0 Å². The first-order chi connectivity index (χ1) is 10.1. The Morgan fingerprint density at radius 3 is 1.42 bits per heavy atom. The number of rotatable bonds is 7. The number of alkyl halides is 12. The lowest BCUT2D eigenvalue weighted by Gasteiger charge is -2.37. The normalized spacial score (nSPS) is 15.8. The third-order valence-electron chi connectivity index (χ3n) is 2.22. The highest BCUT2D eigenvalue weighted by Gasteiger charge is 2.84. The van der Waals surface area contributed by atoms with Crippen LogP contribution < -0.4 is 12.3 Å². The zero-order valence-corrected chi connectivity index (χ0v) is 12.8. The molecule has 0 saturated heterocycles. The van der Waals surface area contributed by atoms with Crippen molar-refractivity contribution in [2.24, 2.45) is 0 Å². The van der Waals surface area contributed by atoms with Crippen LogP contribution in [0.4, 0.5) is 52.7 Å². The van der Waals surface area contributed by atoms with Crippen molar-refractivity contribution < 1.29 is 71.6 Å². The Hall–Kier alpha value is -0.810. The third-order valence-corrected chi connectivity index (χ3v) is 2.68. The lowest BCUT2D eigenvalue weighted by Crippen LogP contribution is -2.65. The second-order valence-electron chi connectivity index (χ2n) is 4.16. The molecule has 6 nitrogen and oxygen atoms in total. The van der Waals surface area contributed by atoms with Gasteiger partial charge in [-0.25, -0.2) is 13.5 Å². The summed E-state index contributed by atoms with van der Waals surface area (Å²) in [5, 5.41) is 0. The maximum absolute atomic E-state index is 13.0. The van der Waals surface area contributed by atoms with E-state index in [2.05, 4.69) is 0 Å². The lowest BCUT2D eigenvalue weighted by molar-refractivity contribution is -0.417. The third kappa shape index (κ3) is 6.12. The van der Waals surface area contributed by atoms with Crippen molar-refractivity contribution in [3.63, 3.8) is 0 Å². The molecule has 1 atom stereocenters. The zero-order valence-electron chi connectivity index (χ0n) is 11.9. The molecule has 0 saturated carbocycles. The Labute approximate surface area is 135 Å². The van der Waals surface area contributed by atoms with Gasteiger partial charge in [0.05, 0.1) is 6.42 Å². The number of hydrogen-bond acceptors (Lipinski definition) is 4. The van der Waals surface area contributed by atoms with Crippen LogP contribution in [-0.2, 0) is 9.09 Å². The van der Waals surface area contributed by atoms with Gasteiger partial charge in [0.15, 0.2) is 6.17 Å². The maximum atomic E-state index is 13.0. The van der Waals surface area contributed by atoms with Crippen LogP contribution in [0.1, 0.15) is 6.42 Å². The largest absolute Gasteiger partial charge is 0.474 e. The topological polar surface area (TPSA) is 137 Å². The molecule has 0 rings (SSSR count). The van der Waals surface area contributed by atoms with E-state index >= 15 is 0 Å². The Morgan fingerprint density at radius 2 is 1.15 bits per heavy atom. The predicted octanol–water partition coefficient (Wildman–Crippen LogP) is 4.21. The quantitative estimate of drug-likeness (QED) is 0.342. The highest BCUT2D eigenvalue weighted by Crippen LogP contribution is 2.58. The summed E-state index contributed by atoms with van der Waals surface area (Å²) in [5.41, 5.74) is 0. The monoisotopic (exact) mass is 446 g/mol. The van der Waals surface area contributed by atoms with E-state index in [-0.39, 0.29) is 12.3 Å².